The first-order valence-corrected chi connectivity index (χ1v) is 20.5. The van der Waals surface area contributed by atoms with Gasteiger partial charge in [-0.15, -0.1) is 0 Å². The average Bonchev–Trinajstić information content (AvgIpc) is 3.43. The Morgan fingerprint density at radius 3 is 1.96 bits per heavy atom. The van der Waals surface area contributed by atoms with Crippen molar-refractivity contribution in [1.29, 1.82) is 0 Å². The van der Waals surface area contributed by atoms with Gasteiger partial charge in [0.1, 0.15) is 12.3 Å². The van der Waals surface area contributed by atoms with E-state index in [1.54, 1.807) is 0 Å². The SMILES string of the molecule is CC1(C)O[C@H](C2CCC(C3CNCCN3)CC2)[C@@H](N2C3CCCCC3OC3CC(N(C4CCCCC4)C4CCCCC4)CCC32)O1. The van der Waals surface area contributed by atoms with Crippen LogP contribution in [0.4, 0.5) is 0 Å². The van der Waals surface area contributed by atoms with Crippen LogP contribution in [0.1, 0.15) is 149 Å². The van der Waals surface area contributed by atoms with Crippen LogP contribution in [-0.4, -0.2) is 96.0 Å². The summed E-state index contributed by atoms with van der Waals surface area (Å²) in [6.07, 6.45) is 29.4. The second kappa shape index (κ2) is 14.5. The molecule has 6 unspecified atom stereocenters. The fraction of sp³-hybridized carbons (Fsp3) is 1.00. The monoisotopic (exact) mass is 641 g/mol. The summed E-state index contributed by atoms with van der Waals surface area (Å²) in [6.45, 7) is 7.72. The molecule has 46 heavy (non-hydrogen) atoms. The van der Waals surface area contributed by atoms with Crippen LogP contribution >= 0.6 is 0 Å². The lowest BCUT2D eigenvalue weighted by Crippen LogP contribution is -2.69. The largest absolute Gasteiger partial charge is 0.372 e. The second-order valence-corrected chi connectivity index (χ2v) is 17.5. The van der Waals surface area contributed by atoms with Crippen LogP contribution in [0.2, 0.25) is 0 Å². The average molecular weight is 641 g/mol. The third-order valence-corrected chi connectivity index (χ3v) is 14.2. The molecule has 5 aliphatic carbocycles. The van der Waals surface area contributed by atoms with Crippen molar-refractivity contribution < 1.29 is 14.2 Å². The van der Waals surface area contributed by atoms with Gasteiger partial charge in [0, 0.05) is 55.9 Å². The summed E-state index contributed by atoms with van der Waals surface area (Å²) in [7, 11) is 0. The highest BCUT2D eigenvalue weighted by molar-refractivity contribution is 5.05. The zero-order valence-corrected chi connectivity index (χ0v) is 29.5. The van der Waals surface area contributed by atoms with Crippen molar-refractivity contribution in [2.75, 3.05) is 19.6 Å². The minimum absolute atomic E-state index is 0.0670. The number of nitrogens with zero attached hydrogens (tertiary/aromatic N) is 2. The molecule has 8 atom stereocenters. The maximum atomic E-state index is 7.28. The normalized spacial score (nSPS) is 44.9. The van der Waals surface area contributed by atoms with Crippen LogP contribution in [0.5, 0.6) is 0 Å². The molecule has 0 radical (unpaired) electrons. The lowest BCUT2D eigenvalue weighted by molar-refractivity contribution is -0.239. The van der Waals surface area contributed by atoms with Crippen molar-refractivity contribution in [2.45, 2.75) is 215 Å². The molecule has 3 saturated heterocycles. The third-order valence-electron chi connectivity index (χ3n) is 14.2. The number of ether oxygens (including phenoxy) is 3. The molecule has 0 aromatic rings. The number of morpholine rings is 1. The zero-order chi connectivity index (χ0) is 31.1. The molecule has 3 heterocycles. The summed E-state index contributed by atoms with van der Waals surface area (Å²) >= 11 is 0. The van der Waals surface area contributed by atoms with Gasteiger partial charge in [-0.2, -0.15) is 0 Å². The van der Waals surface area contributed by atoms with E-state index in [9.17, 15) is 0 Å². The summed E-state index contributed by atoms with van der Waals surface area (Å²) < 4.78 is 21.3. The maximum absolute atomic E-state index is 7.28. The summed E-state index contributed by atoms with van der Waals surface area (Å²) in [5.41, 5.74) is 0. The lowest BCUT2D eigenvalue weighted by atomic mass is 9.74. The van der Waals surface area contributed by atoms with Crippen LogP contribution in [0.25, 0.3) is 0 Å². The van der Waals surface area contributed by atoms with E-state index in [4.69, 9.17) is 14.2 Å². The van der Waals surface area contributed by atoms with Gasteiger partial charge in [0.15, 0.2) is 5.79 Å². The predicted molar refractivity (Wildman–Crippen MR) is 184 cm³/mol. The molecule has 0 spiro atoms. The Kier molecular flexibility index (Phi) is 10.4. The third kappa shape index (κ3) is 6.88. The molecule has 8 rings (SSSR count). The molecule has 0 aromatic carbocycles. The van der Waals surface area contributed by atoms with Crippen molar-refractivity contribution in [3.05, 3.63) is 0 Å². The standard InChI is InChI=1S/C39H68N4O3/c1-39(2)45-37(28-19-17-27(18-20-28)32-26-40-23-24-41-32)38(46-39)43-33-15-9-10-16-35(33)44-36-25-31(21-22-34(36)43)42(29-11-5-3-6-12-29)30-13-7-4-8-14-30/h27-38,40-41H,3-26H2,1-2H3/t27?,28?,31?,32?,33?,34?,35?,36?,37-,38+/m1/s1. The first-order valence-electron chi connectivity index (χ1n) is 20.5. The highest BCUT2D eigenvalue weighted by atomic mass is 16.8. The molecule has 8 aliphatic rings. The second-order valence-electron chi connectivity index (χ2n) is 17.5. The van der Waals surface area contributed by atoms with Crippen LogP contribution in [0.3, 0.4) is 0 Å². The summed E-state index contributed by atoms with van der Waals surface area (Å²) in [5.74, 6) is 0.863. The molecule has 262 valence electrons. The fourth-order valence-electron chi connectivity index (χ4n) is 12.1. The Morgan fingerprint density at radius 1 is 0.609 bits per heavy atom. The molecular weight excluding hydrogens is 572 g/mol. The van der Waals surface area contributed by atoms with E-state index in [-0.39, 0.29) is 12.3 Å². The molecule has 7 nitrogen and oxygen atoms in total. The fourth-order valence-corrected chi connectivity index (χ4v) is 12.1. The smallest absolute Gasteiger partial charge is 0.165 e. The minimum atomic E-state index is -0.519. The Morgan fingerprint density at radius 2 is 1.26 bits per heavy atom. The van der Waals surface area contributed by atoms with E-state index in [1.807, 2.05) is 0 Å². The van der Waals surface area contributed by atoms with Crippen molar-refractivity contribution in [3.63, 3.8) is 0 Å². The number of nitrogens with one attached hydrogen (secondary N) is 2. The molecule has 5 saturated carbocycles. The Hall–Kier alpha value is -0.280. The number of hydrogen-bond acceptors (Lipinski definition) is 7. The highest BCUT2D eigenvalue weighted by Crippen LogP contribution is 2.48. The molecule has 0 bridgehead atoms. The summed E-state index contributed by atoms with van der Waals surface area (Å²) in [5, 5.41) is 7.45. The summed E-state index contributed by atoms with van der Waals surface area (Å²) in [4.78, 5) is 6.06. The van der Waals surface area contributed by atoms with Crippen LogP contribution in [0.15, 0.2) is 0 Å². The first-order chi connectivity index (χ1) is 22.5. The summed E-state index contributed by atoms with van der Waals surface area (Å²) in [6, 6.07) is 3.91. The first kappa shape index (κ1) is 32.9. The van der Waals surface area contributed by atoms with Gasteiger partial charge >= 0.3 is 0 Å². The number of rotatable bonds is 6. The number of piperazine rings is 1. The molecule has 2 N–H and O–H groups in total. The Bertz CT molecular complexity index is 952. The maximum Gasteiger partial charge on any atom is 0.165 e. The van der Waals surface area contributed by atoms with E-state index in [1.165, 1.54) is 135 Å². The zero-order valence-electron chi connectivity index (χ0n) is 29.5. The molecular formula is C39H68N4O3. The van der Waals surface area contributed by atoms with Gasteiger partial charge in [0.2, 0.25) is 0 Å². The van der Waals surface area contributed by atoms with Crippen LogP contribution in [-0.2, 0) is 14.2 Å². The Labute approximate surface area is 281 Å². The lowest BCUT2D eigenvalue weighted by Gasteiger charge is -2.58. The van der Waals surface area contributed by atoms with Gasteiger partial charge in [-0.1, -0.05) is 51.4 Å². The van der Waals surface area contributed by atoms with E-state index in [0.29, 0.717) is 42.3 Å². The van der Waals surface area contributed by atoms with Crippen LogP contribution in [0, 0.1) is 11.8 Å². The highest BCUT2D eigenvalue weighted by Gasteiger charge is 2.57. The van der Waals surface area contributed by atoms with Crippen molar-refractivity contribution in [3.8, 4) is 0 Å². The van der Waals surface area contributed by atoms with Crippen molar-refractivity contribution >= 4 is 0 Å². The minimum Gasteiger partial charge on any atom is -0.372 e. The van der Waals surface area contributed by atoms with Gasteiger partial charge in [-0.25, -0.2) is 0 Å². The Balaban J connectivity index is 1.01. The van der Waals surface area contributed by atoms with Crippen molar-refractivity contribution in [1.82, 2.24) is 20.4 Å². The van der Waals surface area contributed by atoms with Gasteiger partial charge in [-0.05, 0) is 109 Å². The molecule has 0 amide bonds. The quantitative estimate of drug-likeness (QED) is 0.334. The molecule has 7 heteroatoms. The van der Waals surface area contributed by atoms with E-state index >= 15 is 0 Å². The van der Waals surface area contributed by atoms with E-state index < -0.39 is 5.79 Å². The van der Waals surface area contributed by atoms with Crippen molar-refractivity contribution in [2.24, 2.45) is 11.8 Å². The number of fused-ring (bicyclic) bond motifs is 2. The molecule has 3 aliphatic heterocycles. The number of hydrogen-bond donors (Lipinski definition) is 2. The van der Waals surface area contributed by atoms with E-state index in [0.717, 1.165) is 37.6 Å². The van der Waals surface area contributed by atoms with Crippen LogP contribution < -0.4 is 10.6 Å². The molecule has 8 fully saturated rings. The van der Waals surface area contributed by atoms with Gasteiger partial charge in [0.25, 0.3) is 0 Å². The van der Waals surface area contributed by atoms with Gasteiger partial charge in [-0.3, -0.25) is 9.80 Å². The predicted octanol–water partition coefficient (Wildman–Crippen LogP) is 6.73. The van der Waals surface area contributed by atoms with Gasteiger partial charge < -0.3 is 24.8 Å². The molecule has 0 aromatic heterocycles. The van der Waals surface area contributed by atoms with Gasteiger partial charge in [0.05, 0.1) is 12.2 Å². The van der Waals surface area contributed by atoms with E-state index in [2.05, 4.69) is 34.3 Å². The topological polar surface area (TPSA) is 58.2 Å².